The second kappa shape index (κ2) is 17.7. The van der Waals surface area contributed by atoms with Gasteiger partial charge in [0, 0.05) is 43.2 Å². The average molecular weight is 741 g/mol. The number of hydrogen-bond donors (Lipinski definition) is 3. The lowest BCUT2D eigenvalue weighted by atomic mass is 9.93. The van der Waals surface area contributed by atoms with E-state index in [-0.39, 0.29) is 43.5 Å². The second-order valence-corrected chi connectivity index (χ2v) is 13.0. The predicted octanol–water partition coefficient (Wildman–Crippen LogP) is 4.91. The van der Waals surface area contributed by atoms with Crippen molar-refractivity contribution in [2.45, 2.75) is 64.7 Å². The Labute approximate surface area is 293 Å². The Morgan fingerprint density at radius 3 is 2.88 bits per heavy atom. The van der Waals surface area contributed by atoms with Crippen molar-refractivity contribution in [3.05, 3.63) is 88.9 Å². The summed E-state index contributed by atoms with van der Waals surface area (Å²) in [6.45, 7) is 9.87. The zero-order valence-corrected chi connectivity index (χ0v) is 29.4. The number of allylic oxidation sites excluding steroid dienone is 2. The van der Waals surface area contributed by atoms with Crippen molar-refractivity contribution in [1.82, 2.24) is 20.2 Å². The smallest absolute Gasteiger partial charge is 0.411 e. The van der Waals surface area contributed by atoms with Crippen molar-refractivity contribution in [2.75, 3.05) is 25.0 Å². The lowest BCUT2D eigenvalue weighted by molar-refractivity contribution is -0.159. The first-order valence-electron chi connectivity index (χ1n) is 16.1. The number of aliphatic hydroxyl groups excluding tert-OH is 1. The van der Waals surface area contributed by atoms with Crippen LogP contribution in [0.2, 0.25) is 0 Å². The summed E-state index contributed by atoms with van der Waals surface area (Å²) in [5.41, 5.74) is 1.98. The molecule has 13 nitrogen and oxygen atoms in total. The Kier molecular flexibility index (Phi) is 13.5. The van der Waals surface area contributed by atoms with Gasteiger partial charge in [0.2, 0.25) is 5.91 Å². The quantitative estimate of drug-likeness (QED) is 0.222. The zero-order chi connectivity index (χ0) is 35.5. The Hall–Kier alpha value is -4.56. The van der Waals surface area contributed by atoms with Crippen LogP contribution in [0, 0.1) is 11.8 Å². The molecule has 3 amide bonds. The van der Waals surface area contributed by atoms with Crippen LogP contribution in [0.3, 0.4) is 0 Å². The maximum atomic E-state index is 13.7. The number of halogens is 1. The molecule has 2 bridgehead atoms. The highest BCUT2D eigenvalue weighted by Gasteiger charge is 2.39. The lowest BCUT2D eigenvalue weighted by Gasteiger charge is -2.30. The van der Waals surface area contributed by atoms with Crippen molar-refractivity contribution < 1.29 is 38.2 Å². The molecule has 0 spiro atoms. The van der Waals surface area contributed by atoms with Crippen LogP contribution in [0.25, 0.3) is 0 Å². The molecule has 2 aliphatic rings. The Morgan fingerprint density at radius 2 is 2.10 bits per heavy atom. The van der Waals surface area contributed by atoms with E-state index in [1.807, 2.05) is 6.92 Å². The van der Waals surface area contributed by atoms with Gasteiger partial charge >= 0.3 is 12.1 Å². The maximum Gasteiger partial charge on any atom is 0.411 e. The number of esters is 1. The van der Waals surface area contributed by atoms with Crippen LogP contribution in [0.15, 0.2) is 81.7 Å². The number of aromatic nitrogens is 2. The predicted molar refractivity (Wildman–Crippen MR) is 184 cm³/mol. The minimum Gasteiger partial charge on any atom is -0.460 e. The number of pyridine rings is 1. The molecule has 1 fully saturated rings. The molecule has 0 radical (unpaired) electrons. The molecular weight excluding hydrogens is 698 g/mol. The topological polar surface area (TPSA) is 173 Å². The summed E-state index contributed by atoms with van der Waals surface area (Å²) in [5.74, 6) is -2.15. The van der Waals surface area contributed by atoms with Gasteiger partial charge in [-0.2, -0.15) is 0 Å². The van der Waals surface area contributed by atoms with Crippen molar-refractivity contribution >= 4 is 45.5 Å². The average Bonchev–Trinajstić information content (AvgIpc) is 3.73. The summed E-state index contributed by atoms with van der Waals surface area (Å²) < 4.78 is 17.6. The molecule has 0 unspecified atom stereocenters. The number of oxazole rings is 1. The van der Waals surface area contributed by atoms with E-state index in [9.17, 15) is 24.3 Å². The number of carbonyl (C=O) groups excluding carboxylic acids is 4. The lowest BCUT2D eigenvalue weighted by Crippen LogP contribution is -2.44. The molecule has 0 aliphatic carbocycles. The molecule has 49 heavy (non-hydrogen) atoms. The van der Waals surface area contributed by atoms with Crippen molar-refractivity contribution in [3.63, 3.8) is 0 Å². The normalized spacial score (nSPS) is 26.0. The van der Waals surface area contributed by atoms with Crippen LogP contribution in [0.5, 0.6) is 0 Å². The number of aliphatic hydroxyl groups is 1. The molecule has 5 atom stereocenters. The third-order valence-electron chi connectivity index (χ3n) is 8.02. The SMILES string of the molecule is C=C1Cc2nc(co2)C(=O)N2CCC[C@@H]2C(=O)O[C@H]([C@H](C)COC(=O)Nc2ccnc(Br)c2)[C@H](C)/C=C/C(=O)NC/C=C/C(C)=C/[C@@H](O)C1. The number of fused-ring (bicyclic) bond motifs is 3. The van der Waals surface area contributed by atoms with Crippen LogP contribution >= 0.6 is 15.9 Å². The van der Waals surface area contributed by atoms with Gasteiger partial charge < -0.3 is 29.2 Å². The van der Waals surface area contributed by atoms with Gasteiger partial charge in [-0.05, 0) is 60.3 Å². The number of cyclic esters (lactones) is 1. The molecule has 4 heterocycles. The number of anilines is 1. The number of hydrogen-bond acceptors (Lipinski definition) is 10. The minimum absolute atomic E-state index is 0.0511. The fourth-order valence-corrected chi connectivity index (χ4v) is 5.96. The number of rotatable bonds is 4. The highest BCUT2D eigenvalue weighted by molar-refractivity contribution is 9.10. The summed E-state index contributed by atoms with van der Waals surface area (Å²) >= 11 is 3.25. The standard InChI is InChI=1S/C35H42BrN5O8/c1-21-7-5-12-38-30(43)10-9-23(3)32(24(4)19-48-35(46)39-25-11-13-37-29(36)18-25)49-34(45)28-8-6-14-41(28)33(44)27-20-47-31(40-27)17-22(2)16-26(42)15-21/h5,7,9-11,13,15,18,20,23-24,26,28,32,42H,2,6,8,12,14,16-17,19H2,1,3-4H3,(H,38,43)(H,37,39,46)/b7-5+,10-9+,21-15+/t23-,24-,26-,28-,32+/m1/s1. The first-order valence-corrected chi connectivity index (χ1v) is 16.9. The van der Waals surface area contributed by atoms with Crippen LogP contribution in [-0.2, 0) is 25.5 Å². The molecule has 2 aromatic heterocycles. The number of nitrogens with zero attached hydrogens (tertiary/aromatic N) is 3. The highest BCUT2D eigenvalue weighted by Crippen LogP contribution is 2.26. The fourth-order valence-electron chi connectivity index (χ4n) is 5.59. The number of ether oxygens (including phenoxy) is 2. The highest BCUT2D eigenvalue weighted by atomic mass is 79.9. The third-order valence-corrected chi connectivity index (χ3v) is 8.45. The zero-order valence-electron chi connectivity index (χ0n) is 27.8. The van der Waals surface area contributed by atoms with E-state index in [1.165, 1.54) is 23.4 Å². The molecule has 2 aliphatic heterocycles. The summed E-state index contributed by atoms with van der Waals surface area (Å²) in [7, 11) is 0. The van der Waals surface area contributed by atoms with E-state index < -0.39 is 48.1 Å². The molecule has 4 rings (SSSR count). The van der Waals surface area contributed by atoms with Crippen LogP contribution in [0.4, 0.5) is 10.5 Å². The van der Waals surface area contributed by atoms with Gasteiger partial charge in [0.25, 0.3) is 5.91 Å². The summed E-state index contributed by atoms with van der Waals surface area (Å²) in [4.78, 5) is 62.2. The van der Waals surface area contributed by atoms with Crippen molar-refractivity contribution in [1.29, 1.82) is 0 Å². The van der Waals surface area contributed by atoms with Gasteiger partial charge in [0.1, 0.15) is 23.0 Å². The molecule has 0 aromatic carbocycles. The second-order valence-electron chi connectivity index (χ2n) is 12.2. The molecule has 14 heteroatoms. The van der Waals surface area contributed by atoms with E-state index in [2.05, 4.69) is 43.1 Å². The van der Waals surface area contributed by atoms with E-state index in [0.717, 1.165) is 5.57 Å². The maximum absolute atomic E-state index is 13.7. The van der Waals surface area contributed by atoms with Crippen LogP contribution in [-0.4, -0.2) is 81.8 Å². The van der Waals surface area contributed by atoms with Gasteiger partial charge in [-0.25, -0.2) is 19.6 Å². The molecule has 0 saturated carbocycles. The molecule has 262 valence electrons. The summed E-state index contributed by atoms with van der Waals surface area (Å²) in [6, 6.07) is 2.36. The first-order chi connectivity index (χ1) is 23.4. The van der Waals surface area contributed by atoms with Crippen molar-refractivity contribution in [3.8, 4) is 0 Å². The monoisotopic (exact) mass is 739 g/mol. The fraction of sp³-hybridized carbons (Fsp3) is 0.429. The van der Waals surface area contributed by atoms with Gasteiger partial charge in [-0.1, -0.05) is 55.9 Å². The Bertz CT molecular complexity index is 1620. The summed E-state index contributed by atoms with van der Waals surface area (Å²) in [5, 5.41) is 15.9. The number of amides is 3. The molecule has 2 aromatic rings. The molecule has 3 N–H and O–H groups in total. The van der Waals surface area contributed by atoms with Crippen molar-refractivity contribution in [2.24, 2.45) is 11.8 Å². The van der Waals surface area contributed by atoms with E-state index >= 15 is 0 Å². The third kappa shape index (κ3) is 11.2. The summed E-state index contributed by atoms with van der Waals surface area (Å²) in [6.07, 6.45) is 10.1. The van der Waals surface area contributed by atoms with Gasteiger partial charge in [0.05, 0.1) is 12.7 Å². The van der Waals surface area contributed by atoms with Gasteiger partial charge in [0.15, 0.2) is 11.6 Å². The minimum atomic E-state index is -0.871. The molecular formula is C35H42BrN5O8. The van der Waals surface area contributed by atoms with Crippen LogP contribution in [0.1, 0.15) is 56.4 Å². The van der Waals surface area contributed by atoms with E-state index in [0.29, 0.717) is 35.3 Å². The van der Waals surface area contributed by atoms with Crippen LogP contribution < -0.4 is 10.6 Å². The van der Waals surface area contributed by atoms with E-state index in [1.54, 1.807) is 50.3 Å². The number of carbonyl (C=O) groups is 4. The molecule has 1 saturated heterocycles. The van der Waals surface area contributed by atoms with Gasteiger partial charge in [-0.3, -0.25) is 14.9 Å². The number of nitrogens with one attached hydrogen (secondary N) is 2. The largest absolute Gasteiger partial charge is 0.460 e. The first kappa shape index (κ1) is 37.3. The van der Waals surface area contributed by atoms with E-state index in [4.69, 9.17) is 13.9 Å². The Morgan fingerprint density at radius 1 is 1.31 bits per heavy atom. The van der Waals surface area contributed by atoms with Gasteiger partial charge in [-0.15, -0.1) is 0 Å². The Balaban J connectivity index is 1.54.